The minimum absolute atomic E-state index is 0.0950. The van der Waals surface area contributed by atoms with Crippen LogP contribution in [-0.4, -0.2) is 78.5 Å². The van der Waals surface area contributed by atoms with Crippen LogP contribution in [0.25, 0.3) is 0 Å². The molecule has 1 saturated heterocycles. The molecule has 2 aliphatic rings. The van der Waals surface area contributed by atoms with Gasteiger partial charge in [-0.1, -0.05) is 12.1 Å². The number of hydrogen-bond acceptors (Lipinski definition) is 5. The molecule has 0 bridgehead atoms. The summed E-state index contributed by atoms with van der Waals surface area (Å²) in [6.45, 7) is 7.36. The summed E-state index contributed by atoms with van der Waals surface area (Å²) in [5.74, 6) is 1.16. The zero-order valence-electron chi connectivity index (χ0n) is 13.6. The zero-order valence-corrected chi connectivity index (χ0v) is 14.5. The number of β-amino-alcohol motifs (C(OH)–C–C–N with tert-alkyl or cyclic N) is 1. The molecule has 3 rings (SSSR count). The number of carbonyl (C=O) groups is 1. The summed E-state index contributed by atoms with van der Waals surface area (Å²) in [4.78, 5) is 20.7. The quantitative estimate of drug-likeness (QED) is 0.894. The lowest BCUT2D eigenvalue weighted by atomic mass is 10.1. The van der Waals surface area contributed by atoms with Crippen LogP contribution in [0, 0.1) is 0 Å². The monoisotopic (exact) mass is 335 g/mol. The number of para-hydroxylation sites is 1. The van der Waals surface area contributed by atoms with Crippen LogP contribution in [0.4, 0.5) is 5.69 Å². The van der Waals surface area contributed by atoms with Crippen molar-refractivity contribution in [3.63, 3.8) is 0 Å². The highest BCUT2D eigenvalue weighted by molar-refractivity contribution is 7.99. The molecule has 5 nitrogen and oxygen atoms in total. The second-order valence-corrected chi connectivity index (χ2v) is 7.22. The molecule has 0 aliphatic carbocycles. The Morgan fingerprint density at radius 2 is 1.96 bits per heavy atom. The Morgan fingerprint density at radius 1 is 1.22 bits per heavy atom. The smallest absolute Gasteiger partial charge is 0.244 e. The van der Waals surface area contributed by atoms with Crippen LogP contribution in [0.5, 0.6) is 0 Å². The fourth-order valence-corrected chi connectivity index (χ4v) is 4.29. The molecule has 126 valence electrons. The van der Waals surface area contributed by atoms with E-state index in [4.69, 9.17) is 5.11 Å². The van der Waals surface area contributed by atoms with Crippen molar-refractivity contribution >= 4 is 23.4 Å². The van der Waals surface area contributed by atoms with Gasteiger partial charge in [-0.15, -0.1) is 11.8 Å². The highest BCUT2D eigenvalue weighted by Crippen LogP contribution is 2.34. The number of aliphatic hydroxyl groups excluding tert-OH is 1. The first-order valence-corrected chi connectivity index (χ1v) is 9.29. The van der Waals surface area contributed by atoms with Crippen molar-refractivity contribution in [1.82, 2.24) is 9.80 Å². The number of anilines is 1. The summed E-state index contributed by atoms with van der Waals surface area (Å²) in [7, 11) is 0. The van der Waals surface area contributed by atoms with Gasteiger partial charge in [-0.05, 0) is 19.1 Å². The number of hydrogen-bond donors (Lipinski definition) is 1. The van der Waals surface area contributed by atoms with E-state index < -0.39 is 0 Å². The van der Waals surface area contributed by atoms with Gasteiger partial charge >= 0.3 is 0 Å². The largest absolute Gasteiger partial charge is 0.395 e. The van der Waals surface area contributed by atoms with Crippen molar-refractivity contribution in [2.45, 2.75) is 17.9 Å². The molecule has 23 heavy (non-hydrogen) atoms. The van der Waals surface area contributed by atoms with E-state index in [2.05, 4.69) is 15.9 Å². The van der Waals surface area contributed by atoms with Gasteiger partial charge in [0.1, 0.15) is 0 Å². The molecule has 1 atom stereocenters. The summed E-state index contributed by atoms with van der Waals surface area (Å²) in [5, 5.41) is 9.03. The molecule has 2 heterocycles. The Kier molecular flexibility index (Phi) is 5.58. The number of aliphatic hydroxyl groups is 1. The molecule has 1 aromatic rings. The SMILES string of the molecule is CC(C(=O)N1CCSc2ccccc21)N1CCN(CCO)CC1. The maximum Gasteiger partial charge on any atom is 0.244 e. The van der Waals surface area contributed by atoms with Crippen LogP contribution in [0.1, 0.15) is 6.92 Å². The summed E-state index contributed by atoms with van der Waals surface area (Å²) >= 11 is 1.83. The predicted octanol–water partition coefficient (Wildman–Crippen LogP) is 1.12. The van der Waals surface area contributed by atoms with Gasteiger partial charge in [-0.25, -0.2) is 0 Å². The molecule has 0 aromatic heterocycles. The Bertz CT molecular complexity index is 546. The van der Waals surface area contributed by atoms with Gasteiger partial charge in [0.2, 0.25) is 5.91 Å². The molecule has 1 N–H and O–H groups in total. The molecule has 1 fully saturated rings. The zero-order chi connectivity index (χ0) is 16.2. The third-order valence-electron chi connectivity index (χ3n) is 4.72. The van der Waals surface area contributed by atoms with Crippen molar-refractivity contribution in [2.24, 2.45) is 0 Å². The number of piperazine rings is 1. The lowest BCUT2D eigenvalue weighted by Gasteiger charge is -2.39. The first kappa shape index (κ1) is 16.8. The first-order valence-electron chi connectivity index (χ1n) is 8.31. The van der Waals surface area contributed by atoms with E-state index in [0.717, 1.165) is 50.7 Å². The van der Waals surface area contributed by atoms with Gasteiger partial charge in [0.25, 0.3) is 0 Å². The van der Waals surface area contributed by atoms with E-state index >= 15 is 0 Å². The third-order valence-corrected chi connectivity index (χ3v) is 5.77. The average molecular weight is 335 g/mol. The van der Waals surface area contributed by atoms with Crippen molar-refractivity contribution in [3.8, 4) is 0 Å². The molecule has 0 saturated carbocycles. The second-order valence-electron chi connectivity index (χ2n) is 6.08. The average Bonchev–Trinajstić information content (AvgIpc) is 2.61. The number of fused-ring (bicyclic) bond motifs is 1. The van der Waals surface area contributed by atoms with Crippen LogP contribution in [-0.2, 0) is 4.79 Å². The van der Waals surface area contributed by atoms with E-state index in [1.165, 1.54) is 4.90 Å². The minimum Gasteiger partial charge on any atom is -0.395 e. The number of thioether (sulfide) groups is 1. The van der Waals surface area contributed by atoms with Crippen LogP contribution >= 0.6 is 11.8 Å². The van der Waals surface area contributed by atoms with Crippen molar-refractivity contribution in [1.29, 1.82) is 0 Å². The Morgan fingerprint density at radius 3 is 2.70 bits per heavy atom. The molecular weight excluding hydrogens is 310 g/mol. The van der Waals surface area contributed by atoms with Crippen LogP contribution in [0.2, 0.25) is 0 Å². The van der Waals surface area contributed by atoms with Gasteiger partial charge in [0.15, 0.2) is 0 Å². The van der Waals surface area contributed by atoms with E-state index in [-0.39, 0.29) is 18.6 Å². The summed E-state index contributed by atoms with van der Waals surface area (Å²) < 4.78 is 0. The maximum atomic E-state index is 13.0. The lowest BCUT2D eigenvalue weighted by Crippen LogP contribution is -2.55. The molecule has 1 unspecified atom stereocenters. The van der Waals surface area contributed by atoms with Crippen LogP contribution < -0.4 is 4.90 Å². The van der Waals surface area contributed by atoms with Gasteiger partial charge in [0.05, 0.1) is 18.3 Å². The Balaban J connectivity index is 1.65. The molecule has 2 aliphatic heterocycles. The molecule has 1 amide bonds. The molecule has 6 heteroatoms. The van der Waals surface area contributed by atoms with Gasteiger partial charge in [0, 0.05) is 49.9 Å². The fourth-order valence-electron chi connectivity index (χ4n) is 3.30. The lowest BCUT2D eigenvalue weighted by molar-refractivity contribution is -0.124. The highest BCUT2D eigenvalue weighted by Gasteiger charge is 2.31. The molecule has 0 spiro atoms. The van der Waals surface area contributed by atoms with Gasteiger partial charge in [-0.2, -0.15) is 0 Å². The normalized spacial score (nSPS) is 21.0. The Labute approximate surface area is 142 Å². The van der Waals surface area contributed by atoms with E-state index in [1.54, 1.807) is 0 Å². The van der Waals surface area contributed by atoms with Gasteiger partial charge < -0.3 is 10.0 Å². The van der Waals surface area contributed by atoms with Crippen LogP contribution in [0.3, 0.4) is 0 Å². The summed E-state index contributed by atoms with van der Waals surface area (Å²) in [5.41, 5.74) is 1.06. The number of carbonyl (C=O) groups excluding carboxylic acids is 1. The van der Waals surface area contributed by atoms with Crippen LogP contribution in [0.15, 0.2) is 29.2 Å². The van der Waals surface area contributed by atoms with Crippen molar-refractivity contribution in [3.05, 3.63) is 24.3 Å². The number of rotatable bonds is 4. The van der Waals surface area contributed by atoms with E-state index in [0.29, 0.717) is 0 Å². The number of nitrogens with zero attached hydrogens (tertiary/aromatic N) is 3. The standard InChI is InChI=1S/C17H25N3O2S/c1-14(19-8-6-18(7-9-19)10-12-21)17(22)20-11-13-23-16-5-3-2-4-15(16)20/h2-5,14,21H,6-13H2,1H3. The minimum atomic E-state index is -0.0950. The third kappa shape index (κ3) is 3.71. The molecular formula is C17H25N3O2S. The first-order chi connectivity index (χ1) is 11.2. The maximum absolute atomic E-state index is 13.0. The topological polar surface area (TPSA) is 47.0 Å². The van der Waals surface area contributed by atoms with E-state index in [9.17, 15) is 4.79 Å². The Hall–Kier alpha value is -1.08. The number of benzene rings is 1. The summed E-state index contributed by atoms with van der Waals surface area (Å²) in [6, 6.07) is 8.08. The highest BCUT2D eigenvalue weighted by atomic mass is 32.2. The second kappa shape index (κ2) is 7.66. The molecule has 1 aromatic carbocycles. The predicted molar refractivity (Wildman–Crippen MR) is 94.1 cm³/mol. The molecule has 0 radical (unpaired) electrons. The fraction of sp³-hybridized carbons (Fsp3) is 0.588. The van der Waals surface area contributed by atoms with E-state index in [1.807, 2.05) is 41.8 Å². The van der Waals surface area contributed by atoms with Crippen molar-refractivity contribution < 1.29 is 9.90 Å². The number of amides is 1. The summed E-state index contributed by atoms with van der Waals surface area (Å²) in [6.07, 6.45) is 0. The van der Waals surface area contributed by atoms with Gasteiger partial charge in [-0.3, -0.25) is 14.6 Å². The van der Waals surface area contributed by atoms with Crippen molar-refractivity contribution in [2.75, 3.05) is 56.5 Å².